The number of hydrogen-bond donors (Lipinski definition) is 1. The molecule has 4 atom stereocenters. The van der Waals surface area contributed by atoms with Gasteiger partial charge in [-0.15, -0.1) is 0 Å². The summed E-state index contributed by atoms with van der Waals surface area (Å²) in [6, 6.07) is 19.8. The number of benzene rings is 2. The third-order valence-corrected chi connectivity index (χ3v) is 7.70. The largest absolute Gasteiger partial charge is 0.455 e. The summed E-state index contributed by atoms with van der Waals surface area (Å²) in [4.78, 5) is 25.2. The van der Waals surface area contributed by atoms with Crippen LogP contribution in [0, 0.1) is 0 Å². The Morgan fingerprint density at radius 1 is 0.974 bits per heavy atom. The zero-order chi connectivity index (χ0) is 28.1. The van der Waals surface area contributed by atoms with Crippen LogP contribution in [0.1, 0.15) is 102 Å². The number of aliphatic hydroxyl groups is 1. The quantitative estimate of drug-likeness (QED) is 0.175. The average molecular weight is 539 g/mol. The van der Waals surface area contributed by atoms with E-state index in [1.807, 2.05) is 18.2 Å². The monoisotopic (exact) mass is 538 g/mol. The Labute approximate surface area is 234 Å². The second-order valence-corrected chi connectivity index (χ2v) is 11.4. The molecule has 1 aliphatic heterocycles. The van der Waals surface area contributed by atoms with Crippen molar-refractivity contribution in [2.24, 2.45) is 0 Å². The van der Waals surface area contributed by atoms with E-state index < -0.39 is 35.3 Å². The highest BCUT2D eigenvalue weighted by molar-refractivity contribution is 5.79. The van der Waals surface area contributed by atoms with Gasteiger partial charge in [-0.2, -0.15) is 0 Å². The number of esters is 2. The van der Waals surface area contributed by atoms with Gasteiger partial charge in [0.15, 0.2) is 12.2 Å². The predicted molar refractivity (Wildman–Crippen MR) is 152 cm³/mol. The Morgan fingerprint density at radius 2 is 1.54 bits per heavy atom. The number of carbonyl (C=O) groups excluding carboxylic acids is 2. The first-order valence-corrected chi connectivity index (χ1v) is 14.5. The van der Waals surface area contributed by atoms with E-state index in [0.29, 0.717) is 12.0 Å². The second kappa shape index (κ2) is 15.2. The summed E-state index contributed by atoms with van der Waals surface area (Å²) in [6.07, 6.45) is 9.59. The van der Waals surface area contributed by atoms with Crippen LogP contribution in [0.25, 0.3) is 0 Å². The number of unbranched alkanes of at least 4 members (excludes halogenated alkanes) is 7. The van der Waals surface area contributed by atoms with E-state index in [1.54, 1.807) is 26.0 Å². The maximum absolute atomic E-state index is 12.9. The van der Waals surface area contributed by atoms with Crippen LogP contribution in [0.2, 0.25) is 0 Å². The van der Waals surface area contributed by atoms with E-state index in [4.69, 9.17) is 14.2 Å². The lowest BCUT2D eigenvalue weighted by molar-refractivity contribution is -0.177. The molecular weight excluding hydrogens is 492 g/mol. The highest BCUT2D eigenvalue weighted by atomic mass is 16.6. The first-order valence-electron chi connectivity index (χ1n) is 14.5. The van der Waals surface area contributed by atoms with Crippen LogP contribution in [0.15, 0.2) is 60.7 Å². The van der Waals surface area contributed by atoms with Crippen LogP contribution in [0.4, 0.5) is 0 Å². The lowest BCUT2D eigenvalue weighted by Gasteiger charge is -2.36. The van der Waals surface area contributed by atoms with Crippen molar-refractivity contribution in [3.8, 4) is 0 Å². The van der Waals surface area contributed by atoms with Gasteiger partial charge >= 0.3 is 11.9 Å². The molecule has 0 saturated carbocycles. The SMILES string of the molecule is CO[C@@H](C(=O)O[C@@H]1CC(=O)O[C@]1(C)C[C@@](C)(O)CCCCCCCCCCc1ccccc1)c1ccccc1. The molecule has 0 aromatic heterocycles. The molecule has 0 aliphatic carbocycles. The maximum Gasteiger partial charge on any atom is 0.340 e. The molecule has 2 aromatic rings. The summed E-state index contributed by atoms with van der Waals surface area (Å²) >= 11 is 0. The molecule has 0 radical (unpaired) electrons. The molecule has 1 heterocycles. The molecule has 1 aliphatic rings. The van der Waals surface area contributed by atoms with Crippen molar-refractivity contribution in [3.63, 3.8) is 0 Å². The van der Waals surface area contributed by atoms with Crippen LogP contribution in [0.3, 0.4) is 0 Å². The fraction of sp³-hybridized carbons (Fsp3) is 0.576. The highest BCUT2D eigenvalue weighted by Gasteiger charge is 2.51. The number of carbonyl (C=O) groups is 2. The second-order valence-electron chi connectivity index (χ2n) is 11.4. The summed E-state index contributed by atoms with van der Waals surface area (Å²) in [6.45, 7) is 3.52. The minimum atomic E-state index is -1.09. The Kier molecular flexibility index (Phi) is 12.0. The molecule has 1 N–H and O–H groups in total. The number of methoxy groups -OCH3 is 1. The Bertz CT molecular complexity index is 1010. The first-order chi connectivity index (χ1) is 18.7. The third-order valence-electron chi connectivity index (χ3n) is 7.70. The molecule has 1 saturated heterocycles. The number of rotatable bonds is 17. The van der Waals surface area contributed by atoms with Gasteiger partial charge in [-0.3, -0.25) is 4.79 Å². The van der Waals surface area contributed by atoms with Gasteiger partial charge < -0.3 is 19.3 Å². The third kappa shape index (κ3) is 10.1. The molecule has 6 heteroatoms. The van der Waals surface area contributed by atoms with Crippen molar-refractivity contribution in [1.29, 1.82) is 0 Å². The number of hydrogen-bond acceptors (Lipinski definition) is 6. The van der Waals surface area contributed by atoms with E-state index in [1.165, 1.54) is 44.8 Å². The van der Waals surface area contributed by atoms with Crippen molar-refractivity contribution < 1.29 is 28.9 Å². The van der Waals surface area contributed by atoms with Gasteiger partial charge in [0.05, 0.1) is 12.0 Å². The molecule has 0 spiro atoms. The lowest BCUT2D eigenvalue weighted by atomic mass is 9.82. The van der Waals surface area contributed by atoms with Crippen molar-refractivity contribution in [2.45, 2.75) is 114 Å². The van der Waals surface area contributed by atoms with Gasteiger partial charge in [0.2, 0.25) is 0 Å². The Hall–Kier alpha value is -2.70. The summed E-state index contributed by atoms with van der Waals surface area (Å²) < 4.78 is 16.8. The minimum absolute atomic E-state index is 0.0328. The van der Waals surface area contributed by atoms with Crippen LogP contribution >= 0.6 is 0 Å². The first kappa shape index (κ1) is 30.8. The normalized spacial score (nSPS) is 21.2. The maximum atomic E-state index is 12.9. The van der Waals surface area contributed by atoms with Crippen LogP contribution in [-0.2, 0) is 30.2 Å². The summed E-state index contributed by atoms with van der Waals surface area (Å²) in [5.41, 5.74) is -0.0373. The van der Waals surface area contributed by atoms with E-state index in [-0.39, 0.29) is 12.8 Å². The molecule has 0 amide bonds. The molecule has 1 fully saturated rings. The van der Waals surface area contributed by atoms with Gasteiger partial charge in [0, 0.05) is 13.5 Å². The zero-order valence-corrected chi connectivity index (χ0v) is 23.9. The Morgan fingerprint density at radius 3 is 2.15 bits per heavy atom. The number of cyclic esters (lactones) is 1. The molecular formula is C33H46O6. The molecule has 0 unspecified atom stereocenters. The van der Waals surface area contributed by atoms with Crippen molar-refractivity contribution in [2.75, 3.05) is 7.11 Å². The topological polar surface area (TPSA) is 82.1 Å². The smallest absolute Gasteiger partial charge is 0.340 e. The van der Waals surface area contributed by atoms with Gasteiger partial charge in [-0.1, -0.05) is 106 Å². The number of aryl methyl sites for hydroxylation is 1. The zero-order valence-electron chi connectivity index (χ0n) is 23.9. The molecule has 0 bridgehead atoms. The van der Waals surface area contributed by atoms with Crippen LogP contribution < -0.4 is 0 Å². The van der Waals surface area contributed by atoms with Crippen molar-refractivity contribution >= 4 is 11.9 Å². The fourth-order valence-corrected chi connectivity index (χ4v) is 5.63. The summed E-state index contributed by atoms with van der Waals surface area (Å²) in [5.74, 6) is -0.999. The van der Waals surface area contributed by atoms with Gasteiger partial charge in [0.1, 0.15) is 5.60 Å². The average Bonchev–Trinajstić information content (AvgIpc) is 3.17. The fourth-order valence-electron chi connectivity index (χ4n) is 5.63. The van der Waals surface area contributed by atoms with E-state index in [9.17, 15) is 14.7 Å². The predicted octanol–water partition coefficient (Wildman–Crippen LogP) is 6.89. The lowest BCUT2D eigenvalue weighted by Crippen LogP contribution is -2.46. The molecule has 3 rings (SSSR count). The molecule has 2 aromatic carbocycles. The van der Waals surface area contributed by atoms with E-state index >= 15 is 0 Å². The van der Waals surface area contributed by atoms with Gasteiger partial charge in [0.25, 0.3) is 0 Å². The standard InChI is InChI=1S/C33H46O6/c1-32(36,23-17-9-7-5-4-6-8-12-18-26-19-13-10-14-20-26)25-33(2)28(24-29(34)39-33)38-31(35)30(37-3)27-21-15-11-16-22-27/h10-11,13-16,19-22,28,30,36H,4-9,12,17-18,23-25H2,1-3H3/t28-,30-,32+,33-/m1/s1. The van der Waals surface area contributed by atoms with Crippen molar-refractivity contribution in [3.05, 3.63) is 71.8 Å². The highest BCUT2D eigenvalue weighted by Crippen LogP contribution is 2.38. The van der Waals surface area contributed by atoms with Crippen LogP contribution in [-0.4, -0.2) is 41.5 Å². The summed E-state index contributed by atoms with van der Waals surface area (Å²) in [5, 5.41) is 11.1. The van der Waals surface area contributed by atoms with E-state index in [2.05, 4.69) is 30.3 Å². The molecule has 214 valence electrons. The Balaban J connectivity index is 1.36. The van der Waals surface area contributed by atoms with Crippen molar-refractivity contribution in [1.82, 2.24) is 0 Å². The van der Waals surface area contributed by atoms with Gasteiger partial charge in [-0.05, 0) is 44.2 Å². The molecule has 39 heavy (non-hydrogen) atoms. The summed E-state index contributed by atoms with van der Waals surface area (Å²) in [7, 11) is 1.45. The van der Waals surface area contributed by atoms with E-state index in [0.717, 1.165) is 25.7 Å². The van der Waals surface area contributed by atoms with Crippen LogP contribution in [0.5, 0.6) is 0 Å². The molecule has 6 nitrogen and oxygen atoms in total. The number of ether oxygens (including phenoxy) is 3. The van der Waals surface area contributed by atoms with Gasteiger partial charge in [-0.25, -0.2) is 4.79 Å². The minimum Gasteiger partial charge on any atom is -0.455 e.